The first-order chi connectivity index (χ1) is 8.16. The van der Waals surface area contributed by atoms with Crippen LogP contribution in [-0.4, -0.2) is 55.1 Å². The normalized spacial score (nSPS) is 20.9. The van der Waals surface area contributed by atoms with Gasteiger partial charge in [0.15, 0.2) is 0 Å². The van der Waals surface area contributed by atoms with Gasteiger partial charge in [-0.1, -0.05) is 13.8 Å². The summed E-state index contributed by atoms with van der Waals surface area (Å²) in [6.07, 6.45) is 1.47. The Bertz CT molecular complexity index is 367. The van der Waals surface area contributed by atoms with Gasteiger partial charge in [0.1, 0.15) is 12.9 Å². The minimum Gasteiger partial charge on any atom is -0.339 e. The van der Waals surface area contributed by atoms with E-state index in [0.717, 1.165) is 18.8 Å². The van der Waals surface area contributed by atoms with Crippen molar-refractivity contribution in [3.8, 4) is 0 Å². The average molecular weight is 255 g/mol. The lowest BCUT2D eigenvalue weighted by atomic mass is 10.1. The Morgan fingerprint density at radius 3 is 3.06 bits per heavy atom. The van der Waals surface area contributed by atoms with Crippen LogP contribution in [0.3, 0.4) is 0 Å². The number of nitrogens with zero attached hydrogens (tertiary/aromatic N) is 5. The maximum Gasteiger partial charge on any atom is 0.244 e. The third-order valence-electron chi connectivity index (χ3n) is 2.88. The van der Waals surface area contributed by atoms with Crippen molar-refractivity contribution < 1.29 is 4.79 Å². The van der Waals surface area contributed by atoms with Crippen LogP contribution < -0.4 is 0 Å². The summed E-state index contributed by atoms with van der Waals surface area (Å²) in [6.45, 7) is 6.31. The second-order valence-corrected chi connectivity index (χ2v) is 5.85. The molecule has 17 heavy (non-hydrogen) atoms. The molecule has 1 aromatic heterocycles. The number of hydrogen-bond acceptors (Lipinski definition) is 5. The maximum absolute atomic E-state index is 12.0. The van der Waals surface area contributed by atoms with Crippen LogP contribution in [0.25, 0.3) is 0 Å². The second-order valence-electron chi connectivity index (χ2n) is 4.50. The number of tetrazole rings is 1. The summed E-state index contributed by atoms with van der Waals surface area (Å²) in [5.74, 6) is 1.72. The number of rotatable bonds is 3. The van der Waals surface area contributed by atoms with Crippen LogP contribution in [0.15, 0.2) is 6.33 Å². The molecule has 6 nitrogen and oxygen atoms in total. The lowest BCUT2D eigenvalue weighted by molar-refractivity contribution is -0.132. The van der Waals surface area contributed by atoms with E-state index in [1.807, 2.05) is 16.7 Å². The van der Waals surface area contributed by atoms with Gasteiger partial charge in [-0.05, 0) is 16.3 Å². The molecule has 1 atom stereocenters. The molecule has 0 spiro atoms. The fourth-order valence-electron chi connectivity index (χ4n) is 1.80. The van der Waals surface area contributed by atoms with Crippen molar-refractivity contribution in [3.05, 3.63) is 6.33 Å². The standard InChI is InChI=1S/C10H17N5OS/c1-8(2)9-5-14(3-4-17-9)10(16)6-15-7-11-12-13-15/h7-9H,3-6H2,1-2H3. The predicted octanol–water partition coefficient (Wildman–Crippen LogP) is 0.273. The molecule has 7 heteroatoms. The van der Waals surface area contributed by atoms with E-state index >= 15 is 0 Å². The van der Waals surface area contributed by atoms with Crippen LogP contribution in [0.1, 0.15) is 13.8 Å². The highest BCUT2D eigenvalue weighted by Crippen LogP contribution is 2.24. The lowest BCUT2D eigenvalue weighted by Gasteiger charge is -2.34. The second kappa shape index (κ2) is 5.48. The van der Waals surface area contributed by atoms with E-state index in [4.69, 9.17) is 0 Å². The summed E-state index contributed by atoms with van der Waals surface area (Å²) in [5, 5.41) is 11.3. The van der Waals surface area contributed by atoms with E-state index in [9.17, 15) is 4.79 Å². The first kappa shape index (κ1) is 12.3. The largest absolute Gasteiger partial charge is 0.339 e. The zero-order valence-corrected chi connectivity index (χ0v) is 10.9. The van der Waals surface area contributed by atoms with Crippen molar-refractivity contribution >= 4 is 17.7 Å². The molecule has 0 bridgehead atoms. The maximum atomic E-state index is 12.0. The molecule has 1 unspecified atom stereocenters. The molecular formula is C10H17N5OS. The minimum absolute atomic E-state index is 0.100. The van der Waals surface area contributed by atoms with E-state index in [-0.39, 0.29) is 12.5 Å². The van der Waals surface area contributed by atoms with E-state index in [1.165, 1.54) is 11.0 Å². The first-order valence-corrected chi connectivity index (χ1v) is 6.82. The van der Waals surface area contributed by atoms with Crippen LogP contribution in [0.4, 0.5) is 0 Å². The Morgan fingerprint density at radius 2 is 2.41 bits per heavy atom. The van der Waals surface area contributed by atoms with Crippen molar-refractivity contribution in [1.82, 2.24) is 25.1 Å². The molecule has 0 aliphatic carbocycles. The fourth-order valence-corrected chi connectivity index (χ4v) is 3.10. The van der Waals surface area contributed by atoms with Gasteiger partial charge in [-0.25, -0.2) is 4.68 Å². The molecule has 2 heterocycles. The predicted molar refractivity (Wildman–Crippen MR) is 65.5 cm³/mol. The third-order valence-corrected chi connectivity index (χ3v) is 4.42. The van der Waals surface area contributed by atoms with Crippen LogP contribution in [0.5, 0.6) is 0 Å². The van der Waals surface area contributed by atoms with Gasteiger partial charge >= 0.3 is 0 Å². The summed E-state index contributed by atoms with van der Waals surface area (Å²) < 4.78 is 1.47. The molecule has 94 valence electrons. The van der Waals surface area contributed by atoms with Crippen molar-refractivity contribution in [1.29, 1.82) is 0 Å². The summed E-state index contributed by atoms with van der Waals surface area (Å²) in [4.78, 5) is 14.0. The van der Waals surface area contributed by atoms with Crippen molar-refractivity contribution in [2.75, 3.05) is 18.8 Å². The van der Waals surface area contributed by atoms with Gasteiger partial charge in [0, 0.05) is 24.1 Å². The van der Waals surface area contributed by atoms with Gasteiger partial charge in [0.25, 0.3) is 0 Å². The van der Waals surface area contributed by atoms with Crippen molar-refractivity contribution in [2.45, 2.75) is 25.6 Å². The Kier molecular flexibility index (Phi) is 3.98. The molecule has 0 radical (unpaired) electrons. The van der Waals surface area contributed by atoms with Crippen LogP contribution >= 0.6 is 11.8 Å². The quantitative estimate of drug-likeness (QED) is 0.776. The highest BCUT2D eigenvalue weighted by molar-refractivity contribution is 8.00. The van der Waals surface area contributed by atoms with Crippen LogP contribution in [0.2, 0.25) is 0 Å². The molecule has 2 rings (SSSR count). The lowest BCUT2D eigenvalue weighted by Crippen LogP contribution is -2.44. The molecule has 0 N–H and O–H groups in total. The molecule has 1 saturated heterocycles. The molecule has 1 amide bonds. The number of hydrogen-bond donors (Lipinski definition) is 0. The van der Waals surface area contributed by atoms with Crippen molar-refractivity contribution in [3.63, 3.8) is 0 Å². The minimum atomic E-state index is 0.100. The molecular weight excluding hydrogens is 238 g/mol. The number of aromatic nitrogens is 4. The summed E-state index contributed by atoms with van der Waals surface area (Å²) in [7, 11) is 0. The zero-order chi connectivity index (χ0) is 12.3. The topological polar surface area (TPSA) is 63.9 Å². The monoisotopic (exact) mass is 255 g/mol. The van der Waals surface area contributed by atoms with Gasteiger partial charge < -0.3 is 4.90 Å². The van der Waals surface area contributed by atoms with Gasteiger partial charge in [-0.3, -0.25) is 4.79 Å². The Hall–Kier alpha value is -1.11. The van der Waals surface area contributed by atoms with Gasteiger partial charge in [-0.2, -0.15) is 11.8 Å². The Morgan fingerprint density at radius 1 is 1.59 bits per heavy atom. The van der Waals surface area contributed by atoms with E-state index in [1.54, 1.807) is 0 Å². The fraction of sp³-hybridized carbons (Fsp3) is 0.800. The third kappa shape index (κ3) is 3.18. The zero-order valence-electron chi connectivity index (χ0n) is 10.1. The highest BCUT2D eigenvalue weighted by atomic mass is 32.2. The summed E-state index contributed by atoms with van der Waals surface area (Å²) in [5.41, 5.74) is 0. The van der Waals surface area contributed by atoms with E-state index in [0.29, 0.717) is 11.2 Å². The van der Waals surface area contributed by atoms with Gasteiger partial charge in [0.2, 0.25) is 5.91 Å². The molecule has 1 aliphatic rings. The SMILES string of the molecule is CC(C)C1CN(C(=O)Cn2cnnn2)CCS1. The number of carbonyl (C=O) groups is 1. The highest BCUT2D eigenvalue weighted by Gasteiger charge is 2.26. The summed E-state index contributed by atoms with van der Waals surface area (Å²) >= 11 is 1.96. The average Bonchev–Trinajstić information content (AvgIpc) is 2.82. The van der Waals surface area contributed by atoms with E-state index in [2.05, 4.69) is 29.4 Å². The van der Waals surface area contributed by atoms with E-state index < -0.39 is 0 Å². The smallest absolute Gasteiger partial charge is 0.244 e. The molecule has 1 aromatic rings. The molecule has 0 saturated carbocycles. The van der Waals surface area contributed by atoms with Gasteiger partial charge in [-0.15, -0.1) is 5.10 Å². The van der Waals surface area contributed by atoms with Gasteiger partial charge in [0.05, 0.1) is 0 Å². The Labute approximate surface area is 105 Å². The van der Waals surface area contributed by atoms with Crippen molar-refractivity contribution in [2.24, 2.45) is 5.92 Å². The first-order valence-electron chi connectivity index (χ1n) is 5.77. The molecule has 0 aromatic carbocycles. The Balaban J connectivity index is 1.91. The summed E-state index contributed by atoms with van der Waals surface area (Å²) in [6, 6.07) is 0. The molecule has 1 aliphatic heterocycles. The number of amides is 1. The number of carbonyl (C=O) groups excluding carboxylic acids is 1. The van der Waals surface area contributed by atoms with Crippen LogP contribution in [-0.2, 0) is 11.3 Å². The van der Waals surface area contributed by atoms with Crippen LogP contribution in [0, 0.1) is 5.92 Å². The number of thioether (sulfide) groups is 1. The molecule has 1 fully saturated rings.